The molecule has 0 aromatic carbocycles. The molecule has 0 fully saturated rings. The summed E-state index contributed by atoms with van der Waals surface area (Å²) in [5.41, 5.74) is 0. The standard InChI is InChI=1S/C76H143NO3/c1-3-5-7-9-11-13-15-17-19-21-23-25-27-29-31-33-35-37-38-40-42-44-46-48-50-52-54-56-58-60-62-64-66-68-70-72-76(80)77-74(73-78)75(79)71-69-67-65-63-61-59-57-55-53-51-49-47-45-43-41-39-36-34-32-30-28-26-24-22-20-18-16-14-12-10-8-6-4-2/h15,17,21,23,53,55,61,63,69,71,74-75,78-79H,3-14,16,18-20,22,24-52,54,56-60,62,64-68,70,72-73H2,1-2H3,(H,77,80)/b17-15-,23-21-,55-53+,63-61+,71-69+. The van der Waals surface area contributed by atoms with Gasteiger partial charge < -0.3 is 15.5 Å². The maximum atomic E-state index is 12.5. The minimum atomic E-state index is -0.873. The second kappa shape index (κ2) is 71.4. The van der Waals surface area contributed by atoms with Crippen molar-refractivity contribution in [3.05, 3.63) is 60.8 Å². The third-order valence-corrected chi connectivity index (χ3v) is 17.0. The number of hydrogen-bond donors (Lipinski definition) is 3. The SMILES string of the molecule is CCCCCCC/C=C\C/C=C\CCCCCCCCCCCCCCCCCCCCCCCCCC(=O)NC(CO)C(O)/C=C/CC/C=C/CC/C=C/CCCCCCCCCCCCCCCCCCCCCCCCC. The van der Waals surface area contributed by atoms with Gasteiger partial charge in [0, 0.05) is 6.42 Å². The van der Waals surface area contributed by atoms with Gasteiger partial charge in [0.15, 0.2) is 0 Å². The molecule has 470 valence electrons. The van der Waals surface area contributed by atoms with Crippen LogP contribution in [0.15, 0.2) is 60.8 Å². The van der Waals surface area contributed by atoms with Crippen molar-refractivity contribution in [1.82, 2.24) is 5.32 Å². The van der Waals surface area contributed by atoms with Crippen molar-refractivity contribution in [2.24, 2.45) is 0 Å². The number of rotatable bonds is 68. The highest BCUT2D eigenvalue weighted by Crippen LogP contribution is 2.19. The van der Waals surface area contributed by atoms with Crippen LogP contribution >= 0.6 is 0 Å². The molecule has 0 radical (unpaired) electrons. The van der Waals surface area contributed by atoms with Crippen LogP contribution in [0.5, 0.6) is 0 Å². The predicted molar refractivity (Wildman–Crippen MR) is 359 cm³/mol. The normalized spacial score (nSPS) is 13.0. The highest BCUT2D eigenvalue weighted by atomic mass is 16.3. The van der Waals surface area contributed by atoms with E-state index in [4.69, 9.17) is 0 Å². The van der Waals surface area contributed by atoms with Gasteiger partial charge in [0.2, 0.25) is 5.91 Å². The lowest BCUT2D eigenvalue weighted by molar-refractivity contribution is -0.123. The second-order valence-corrected chi connectivity index (χ2v) is 25.0. The first-order valence-corrected chi connectivity index (χ1v) is 36.5. The molecule has 0 heterocycles. The topological polar surface area (TPSA) is 69.6 Å². The van der Waals surface area contributed by atoms with Crippen LogP contribution in [0, 0.1) is 0 Å². The zero-order chi connectivity index (χ0) is 57.6. The van der Waals surface area contributed by atoms with Gasteiger partial charge in [0.1, 0.15) is 0 Å². The number of amides is 1. The predicted octanol–water partition coefficient (Wildman–Crippen LogP) is 25.1. The lowest BCUT2D eigenvalue weighted by atomic mass is 10.0. The molecule has 3 N–H and O–H groups in total. The van der Waals surface area contributed by atoms with Crippen LogP contribution in [0.4, 0.5) is 0 Å². The third-order valence-electron chi connectivity index (χ3n) is 17.0. The Balaban J connectivity index is 3.47. The van der Waals surface area contributed by atoms with Gasteiger partial charge in [-0.15, -0.1) is 0 Å². The van der Waals surface area contributed by atoms with Crippen molar-refractivity contribution < 1.29 is 15.0 Å². The van der Waals surface area contributed by atoms with Gasteiger partial charge in [0.05, 0.1) is 18.8 Å². The van der Waals surface area contributed by atoms with Crippen LogP contribution in [-0.4, -0.2) is 34.9 Å². The van der Waals surface area contributed by atoms with Crippen molar-refractivity contribution in [2.45, 2.75) is 411 Å². The van der Waals surface area contributed by atoms with Crippen LogP contribution in [0.1, 0.15) is 399 Å². The van der Waals surface area contributed by atoms with Crippen molar-refractivity contribution >= 4 is 5.91 Å². The molecule has 0 aliphatic heterocycles. The highest BCUT2D eigenvalue weighted by Gasteiger charge is 2.18. The van der Waals surface area contributed by atoms with E-state index in [1.165, 1.54) is 334 Å². The molecule has 0 saturated heterocycles. The van der Waals surface area contributed by atoms with E-state index < -0.39 is 12.1 Å². The summed E-state index contributed by atoms with van der Waals surface area (Å²) >= 11 is 0. The molecule has 2 atom stereocenters. The average Bonchev–Trinajstić information content (AvgIpc) is 3.46. The average molecular weight is 1120 g/mol. The quantitative estimate of drug-likeness (QED) is 0.0420. The molecule has 0 aliphatic rings. The number of hydrogen-bond acceptors (Lipinski definition) is 3. The molecule has 0 spiro atoms. The molecule has 0 rings (SSSR count). The van der Waals surface area contributed by atoms with Crippen LogP contribution in [-0.2, 0) is 4.79 Å². The van der Waals surface area contributed by atoms with Gasteiger partial charge in [-0.1, -0.05) is 376 Å². The maximum Gasteiger partial charge on any atom is 0.220 e. The number of nitrogens with one attached hydrogen (secondary N) is 1. The Labute approximate surface area is 502 Å². The molecule has 1 amide bonds. The first-order valence-electron chi connectivity index (χ1n) is 36.5. The van der Waals surface area contributed by atoms with Gasteiger partial charge in [-0.3, -0.25) is 4.79 Å². The van der Waals surface area contributed by atoms with E-state index >= 15 is 0 Å². The Morgan fingerprint density at radius 2 is 0.525 bits per heavy atom. The summed E-state index contributed by atoms with van der Waals surface area (Å²) in [5.74, 6) is -0.0712. The molecule has 80 heavy (non-hydrogen) atoms. The third kappa shape index (κ3) is 66.9. The lowest BCUT2D eigenvalue weighted by Crippen LogP contribution is -2.45. The number of allylic oxidation sites excluding steroid dienone is 9. The monoisotopic (exact) mass is 1120 g/mol. The minimum Gasteiger partial charge on any atom is -0.394 e. The number of carbonyl (C=O) groups excluding carboxylic acids is 1. The molecular formula is C76H143NO3. The Morgan fingerprint density at radius 3 is 0.800 bits per heavy atom. The zero-order valence-corrected chi connectivity index (χ0v) is 54.4. The summed E-state index contributed by atoms with van der Waals surface area (Å²) in [6, 6.07) is -0.648. The van der Waals surface area contributed by atoms with Crippen molar-refractivity contribution in [3.63, 3.8) is 0 Å². The summed E-state index contributed by atoms with van der Waals surface area (Å²) in [6.07, 6.45) is 102. The maximum absolute atomic E-state index is 12.5. The van der Waals surface area contributed by atoms with E-state index in [0.29, 0.717) is 6.42 Å². The molecule has 4 heteroatoms. The summed E-state index contributed by atoms with van der Waals surface area (Å²) < 4.78 is 0. The van der Waals surface area contributed by atoms with Crippen LogP contribution in [0.25, 0.3) is 0 Å². The molecule has 0 aliphatic carbocycles. The lowest BCUT2D eigenvalue weighted by Gasteiger charge is -2.19. The van der Waals surface area contributed by atoms with E-state index in [0.717, 1.165) is 44.9 Å². The van der Waals surface area contributed by atoms with Crippen LogP contribution < -0.4 is 5.32 Å². The Morgan fingerprint density at radius 1 is 0.300 bits per heavy atom. The van der Waals surface area contributed by atoms with Crippen molar-refractivity contribution in [3.8, 4) is 0 Å². The Hall–Kier alpha value is -1.91. The largest absolute Gasteiger partial charge is 0.394 e. The molecule has 4 nitrogen and oxygen atoms in total. The number of aliphatic hydroxyl groups excluding tert-OH is 2. The van der Waals surface area contributed by atoms with E-state index in [-0.39, 0.29) is 12.5 Å². The summed E-state index contributed by atoms with van der Waals surface area (Å²) in [6.45, 7) is 4.33. The fraction of sp³-hybridized carbons (Fsp3) is 0.855. The number of unbranched alkanes of at least 4 members (excludes halogenated alkanes) is 53. The molecule has 0 aromatic rings. The number of aliphatic hydroxyl groups is 2. The molecule has 0 bridgehead atoms. The van der Waals surface area contributed by atoms with E-state index in [1.54, 1.807) is 6.08 Å². The van der Waals surface area contributed by atoms with Crippen LogP contribution in [0.2, 0.25) is 0 Å². The Kier molecular flexibility index (Phi) is 69.6. The van der Waals surface area contributed by atoms with Gasteiger partial charge in [-0.25, -0.2) is 0 Å². The summed E-state index contributed by atoms with van der Waals surface area (Å²) in [7, 11) is 0. The van der Waals surface area contributed by atoms with Gasteiger partial charge in [-0.2, -0.15) is 0 Å². The first-order chi connectivity index (χ1) is 39.7. The van der Waals surface area contributed by atoms with Gasteiger partial charge in [-0.05, 0) is 77.0 Å². The second-order valence-electron chi connectivity index (χ2n) is 25.0. The van der Waals surface area contributed by atoms with E-state index in [9.17, 15) is 15.0 Å². The fourth-order valence-electron chi connectivity index (χ4n) is 11.4. The fourth-order valence-corrected chi connectivity index (χ4v) is 11.4. The van der Waals surface area contributed by atoms with Crippen molar-refractivity contribution in [2.75, 3.05) is 6.61 Å². The minimum absolute atomic E-state index is 0.0712. The Bertz CT molecular complexity index is 1310. The van der Waals surface area contributed by atoms with E-state index in [1.807, 2.05) is 6.08 Å². The molecular weight excluding hydrogens is 975 g/mol. The smallest absolute Gasteiger partial charge is 0.220 e. The summed E-state index contributed by atoms with van der Waals surface area (Å²) in [4.78, 5) is 12.5. The van der Waals surface area contributed by atoms with Gasteiger partial charge in [0.25, 0.3) is 0 Å². The van der Waals surface area contributed by atoms with Gasteiger partial charge >= 0.3 is 0 Å². The molecule has 2 unspecified atom stereocenters. The number of carbonyl (C=O) groups is 1. The first kappa shape index (κ1) is 78.1. The molecule has 0 aromatic heterocycles. The highest BCUT2D eigenvalue weighted by molar-refractivity contribution is 5.76. The van der Waals surface area contributed by atoms with Crippen molar-refractivity contribution in [1.29, 1.82) is 0 Å². The zero-order valence-electron chi connectivity index (χ0n) is 54.4. The van der Waals surface area contributed by atoms with Crippen LogP contribution in [0.3, 0.4) is 0 Å². The molecule has 0 saturated carbocycles. The summed E-state index contributed by atoms with van der Waals surface area (Å²) in [5, 5.41) is 23.3. The van der Waals surface area contributed by atoms with E-state index in [2.05, 4.69) is 67.8 Å².